The van der Waals surface area contributed by atoms with Crippen LogP contribution in [0, 0.1) is 47.5 Å². The van der Waals surface area contributed by atoms with E-state index in [2.05, 4.69) is 51.6 Å². The van der Waals surface area contributed by atoms with Gasteiger partial charge in [0, 0.05) is 0 Å². The van der Waals surface area contributed by atoms with Crippen LogP contribution in [0.25, 0.3) is 0 Å². The molecule has 0 saturated carbocycles. The van der Waals surface area contributed by atoms with Crippen molar-refractivity contribution in [1.82, 2.24) is 0 Å². The predicted octanol–water partition coefficient (Wildman–Crippen LogP) is 0.761. The van der Waals surface area contributed by atoms with Crippen LogP contribution >= 0.6 is 0 Å². The fourth-order valence-corrected chi connectivity index (χ4v) is 5.58. The summed E-state index contributed by atoms with van der Waals surface area (Å²) in [6.45, 7) is 0. The molecule has 0 fully saturated rings. The van der Waals surface area contributed by atoms with E-state index in [1.165, 1.54) is 0 Å². The van der Waals surface area contributed by atoms with Crippen LogP contribution in [-0.2, 0) is 4.12 Å². The topological polar surface area (TPSA) is 9.23 Å². The molecule has 1 nitrogen and oxygen atoms in total. The van der Waals surface area contributed by atoms with E-state index in [0.717, 1.165) is 10.4 Å². The summed E-state index contributed by atoms with van der Waals surface area (Å²) in [5.41, 5.74) is 3.25. The highest BCUT2D eigenvalue weighted by Crippen LogP contribution is 2.05. The molecule has 0 N–H and O–H groups in total. The van der Waals surface area contributed by atoms with Crippen LogP contribution in [0.15, 0.2) is 60.7 Å². The van der Waals surface area contributed by atoms with Crippen molar-refractivity contribution in [2.24, 2.45) is 0 Å². The Hall–Kier alpha value is -2.93. The third kappa shape index (κ3) is 4.05. The van der Waals surface area contributed by atoms with E-state index in [9.17, 15) is 0 Å². The Labute approximate surface area is 141 Å². The van der Waals surface area contributed by atoms with Gasteiger partial charge in [-0.25, -0.2) is 0 Å². The highest BCUT2D eigenvalue weighted by molar-refractivity contribution is 7.04. The zero-order valence-electron chi connectivity index (χ0n) is 12.3. The van der Waals surface area contributed by atoms with E-state index in [1.54, 1.807) is 0 Å². The molecule has 0 aromatic heterocycles. The molecule has 3 heteroatoms. The van der Waals surface area contributed by atoms with Crippen LogP contribution in [0.5, 0.6) is 0 Å². The monoisotopic (exact) mass is 324 g/mol. The third-order valence-corrected chi connectivity index (χ3v) is 7.28. The first-order valence-corrected chi connectivity index (χ1v) is 9.18. The first kappa shape index (κ1) is 16.4. The highest BCUT2D eigenvalue weighted by Gasteiger charge is 2.36. The summed E-state index contributed by atoms with van der Waals surface area (Å²) in [4.78, 5) is 0. The number of terminal acetylenes is 1. The summed E-state index contributed by atoms with van der Waals surface area (Å²) in [6, 6.07) is 20.0. The summed E-state index contributed by atoms with van der Waals surface area (Å²) < 4.78 is 5.88. The van der Waals surface area contributed by atoms with Crippen molar-refractivity contribution in [1.29, 1.82) is 0 Å². The molecule has 0 aliphatic carbocycles. The second kappa shape index (κ2) is 8.50. The van der Waals surface area contributed by atoms with E-state index in [4.69, 9.17) is 10.5 Å². The van der Waals surface area contributed by atoms with E-state index >= 15 is 0 Å². The molecule has 0 aliphatic heterocycles. The number of benzene rings is 2. The first-order chi connectivity index (χ1) is 11.3. The minimum atomic E-state index is -2.68. The summed E-state index contributed by atoms with van der Waals surface area (Å²) in [6.07, 6.45) is 5.04. The Balaban J connectivity index is 2.54. The van der Waals surface area contributed by atoms with Gasteiger partial charge in [0.2, 0.25) is 0 Å². The van der Waals surface area contributed by atoms with Crippen LogP contribution in [-0.4, -0.2) is 18.8 Å². The van der Waals surface area contributed by atoms with Gasteiger partial charge < -0.3 is 4.12 Å². The minimum absolute atomic E-state index is 1.06. The molecule has 0 spiro atoms. The number of hydrogen-bond donors (Lipinski definition) is 0. The van der Waals surface area contributed by atoms with Gasteiger partial charge >= 0.3 is 8.32 Å². The molecular weight excluding hydrogens is 312 g/mol. The maximum absolute atomic E-state index is 5.88. The fourth-order valence-electron chi connectivity index (χ4n) is 2.07. The van der Waals surface area contributed by atoms with Crippen molar-refractivity contribution in [2.75, 3.05) is 0 Å². The lowest BCUT2D eigenvalue weighted by atomic mass is 10.4. The molecule has 2 rings (SSSR count). The summed E-state index contributed by atoms with van der Waals surface area (Å²) in [7, 11) is -0.313. The van der Waals surface area contributed by atoms with Gasteiger partial charge in [-0.3, -0.25) is 0 Å². The Kier molecular flexibility index (Phi) is 6.08. The average Bonchev–Trinajstić information content (AvgIpc) is 2.63. The van der Waals surface area contributed by atoms with Crippen LogP contribution in [0.3, 0.4) is 0 Å². The van der Waals surface area contributed by atoms with Crippen molar-refractivity contribution in [3.05, 3.63) is 60.7 Å². The van der Waals surface area contributed by atoms with Crippen LogP contribution in [0.4, 0.5) is 0 Å². The Bertz CT molecular complexity index is 837. The van der Waals surface area contributed by atoms with Gasteiger partial charge in [-0.1, -0.05) is 66.2 Å². The van der Waals surface area contributed by atoms with E-state index in [1.807, 2.05) is 60.7 Å². The Morgan fingerprint density at radius 2 is 1.22 bits per heavy atom. The van der Waals surface area contributed by atoms with Crippen LogP contribution in [0.2, 0.25) is 0 Å². The molecule has 0 aliphatic rings. The lowest BCUT2D eigenvalue weighted by molar-refractivity contribution is 0.645. The lowest BCUT2D eigenvalue weighted by Crippen LogP contribution is -2.59. The molecule has 23 heavy (non-hydrogen) atoms. The van der Waals surface area contributed by atoms with E-state index in [-0.39, 0.29) is 0 Å². The molecule has 2 radical (unpaired) electrons. The maximum atomic E-state index is 5.88. The van der Waals surface area contributed by atoms with Crippen molar-refractivity contribution < 1.29 is 4.12 Å². The molecular formula is C20H12OSi2. The average molecular weight is 324 g/mol. The summed E-state index contributed by atoms with van der Waals surface area (Å²) in [5.74, 6) is 15.4. The van der Waals surface area contributed by atoms with Gasteiger partial charge in [0.05, 0.1) is 0 Å². The molecule has 0 unspecified atom stereocenters. The Morgan fingerprint density at radius 3 is 1.70 bits per heavy atom. The molecule has 2 aromatic rings. The SMILES string of the molecule is C#CC#CC#CC#C[Si](O[SiH])(c1ccccc1)c1ccccc1. The molecule has 0 bridgehead atoms. The minimum Gasteiger partial charge on any atom is -0.443 e. The van der Waals surface area contributed by atoms with Crippen LogP contribution < -0.4 is 10.4 Å². The first-order valence-electron chi connectivity index (χ1n) is 6.80. The smallest absolute Gasteiger partial charge is 0.328 e. The second-order valence-corrected chi connectivity index (χ2v) is 8.14. The normalized spacial score (nSPS) is 9.04. The van der Waals surface area contributed by atoms with Gasteiger partial charge in [-0.15, -0.1) is 6.42 Å². The van der Waals surface area contributed by atoms with Crippen LogP contribution in [0.1, 0.15) is 0 Å². The lowest BCUT2D eigenvalue weighted by Gasteiger charge is -2.25. The largest absolute Gasteiger partial charge is 0.443 e. The molecule has 0 heterocycles. The van der Waals surface area contributed by atoms with Crippen molar-refractivity contribution in [3.63, 3.8) is 0 Å². The standard InChI is InChI=1S/C20H12OSi2/c1-2-3-4-5-6-13-18-23(21-22,19-14-9-7-10-15-19)20-16-11-8-12-17-20/h1,7-12,14-17,22H. The maximum Gasteiger partial charge on any atom is 0.328 e. The second-order valence-electron chi connectivity index (χ2n) is 4.43. The third-order valence-electron chi connectivity index (χ3n) is 3.10. The molecule has 2 aromatic carbocycles. The van der Waals surface area contributed by atoms with Crippen molar-refractivity contribution >= 4 is 29.2 Å². The highest BCUT2D eigenvalue weighted by atomic mass is 28.4. The summed E-state index contributed by atoms with van der Waals surface area (Å²) in [5, 5.41) is 2.12. The van der Waals surface area contributed by atoms with Gasteiger partial charge in [0.25, 0.3) is 0 Å². The molecule has 0 atom stereocenters. The Morgan fingerprint density at radius 1 is 0.739 bits per heavy atom. The number of hydrogen-bond acceptors (Lipinski definition) is 1. The fraction of sp³-hybridized carbons (Fsp3) is 0. The quantitative estimate of drug-likeness (QED) is 0.598. The molecule has 106 valence electrons. The zero-order valence-corrected chi connectivity index (χ0v) is 14.5. The van der Waals surface area contributed by atoms with Gasteiger partial charge in [0.1, 0.15) is 0 Å². The number of rotatable bonds is 3. The van der Waals surface area contributed by atoms with E-state index < -0.39 is 8.32 Å². The van der Waals surface area contributed by atoms with Gasteiger partial charge in [-0.05, 0) is 45.9 Å². The zero-order chi connectivity index (χ0) is 16.4. The van der Waals surface area contributed by atoms with Gasteiger partial charge in [-0.2, -0.15) is 0 Å². The van der Waals surface area contributed by atoms with Gasteiger partial charge in [0.15, 0.2) is 10.5 Å². The predicted molar refractivity (Wildman–Crippen MR) is 98.3 cm³/mol. The molecule has 0 saturated heterocycles. The van der Waals surface area contributed by atoms with Crippen molar-refractivity contribution in [3.8, 4) is 47.5 Å². The van der Waals surface area contributed by atoms with E-state index in [0.29, 0.717) is 0 Å². The van der Waals surface area contributed by atoms with Crippen molar-refractivity contribution in [2.45, 2.75) is 0 Å². The molecule has 0 amide bonds. The summed E-state index contributed by atoms with van der Waals surface area (Å²) >= 11 is 0.